The maximum atomic E-state index is 12.3. The molecule has 0 heterocycles. The van der Waals surface area contributed by atoms with Crippen LogP contribution in [0.3, 0.4) is 0 Å². The molecule has 2 N–H and O–H groups in total. The number of nitrogens with zero attached hydrogens (tertiary/aromatic N) is 1. The summed E-state index contributed by atoms with van der Waals surface area (Å²) in [5, 5.41) is 12.1. The molecule has 2 saturated carbocycles. The van der Waals surface area contributed by atoms with Crippen LogP contribution < -0.4 is 5.32 Å². The quantitative estimate of drug-likeness (QED) is 0.812. The normalized spacial score (nSPS) is 28.5. The zero-order valence-corrected chi connectivity index (χ0v) is 13.2. The van der Waals surface area contributed by atoms with E-state index in [1.165, 1.54) is 19.3 Å². The lowest BCUT2D eigenvalue weighted by Gasteiger charge is -2.43. The van der Waals surface area contributed by atoms with Gasteiger partial charge in [0.1, 0.15) is 0 Å². The van der Waals surface area contributed by atoms with Gasteiger partial charge in [-0.15, -0.1) is 0 Å². The molecule has 0 aromatic heterocycles. The SMILES string of the molecule is CN(C)C1(CNC(=O)[C@@H]2CC[C@H](C(=O)O)C2)CCCCC1. The van der Waals surface area contributed by atoms with E-state index < -0.39 is 5.97 Å². The fourth-order valence-electron chi connectivity index (χ4n) is 3.83. The first kappa shape index (κ1) is 16.3. The number of hydrogen-bond donors (Lipinski definition) is 2. The lowest BCUT2D eigenvalue weighted by atomic mass is 9.80. The Morgan fingerprint density at radius 3 is 2.29 bits per heavy atom. The Morgan fingerprint density at radius 1 is 1.14 bits per heavy atom. The van der Waals surface area contributed by atoms with Crippen molar-refractivity contribution in [3.05, 3.63) is 0 Å². The van der Waals surface area contributed by atoms with Gasteiger partial charge in [0.05, 0.1) is 5.92 Å². The molecule has 2 aliphatic rings. The maximum Gasteiger partial charge on any atom is 0.306 e. The molecule has 0 aliphatic heterocycles. The van der Waals surface area contributed by atoms with Crippen molar-refractivity contribution < 1.29 is 14.7 Å². The van der Waals surface area contributed by atoms with E-state index in [4.69, 9.17) is 5.11 Å². The molecular formula is C16H28N2O3. The summed E-state index contributed by atoms with van der Waals surface area (Å²) >= 11 is 0. The largest absolute Gasteiger partial charge is 0.481 e. The summed E-state index contributed by atoms with van der Waals surface area (Å²) in [6.07, 6.45) is 7.81. The highest BCUT2D eigenvalue weighted by Gasteiger charge is 2.37. The van der Waals surface area contributed by atoms with Gasteiger partial charge in [-0.1, -0.05) is 19.3 Å². The fraction of sp³-hybridized carbons (Fsp3) is 0.875. The molecule has 2 atom stereocenters. The predicted molar refractivity (Wildman–Crippen MR) is 81.0 cm³/mol. The van der Waals surface area contributed by atoms with Gasteiger partial charge in [-0.25, -0.2) is 0 Å². The van der Waals surface area contributed by atoms with Gasteiger partial charge < -0.3 is 15.3 Å². The van der Waals surface area contributed by atoms with Crippen LogP contribution in [0.1, 0.15) is 51.4 Å². The average molecular weight is 296 g/mol. The topological polar surface area (TPSA) is 69.6 Å². The van der Waals surface area contributed by atoms with Gasteiger partial charge in [-0.3, -0.25) is 9.59 Å². The van der Waals surface area contributed by atoms with Crippen LogP contribution in [0.2, 0.25) is 0 Å². The number of likely N-dealkylation sites (N-methyl/N-ethyl adjacent to an activating group) is 1. The smallest absolute Gasteiger partial charge is 0.306 e. The van der Waals surface area contributed by atoms with Gasteiger partial charge in [0, 0.05) is 18.0 Å². The highest BCUT2D eigenvalue weighted by atomic mass is 16.4. The van der Waals surface area contributed by atoms with Crippen molar-refractivity contribution in [3.63, 3.8) is 0 Å². The number of rotatable bonds is 5. The minimum absolute atomic E-state index is 0.0468. The van der Waals surface area contributed by atoms with Crippen molar-refractivity contribution in [2.45, 2.75) is 56.9 Å². The minimum Gasteiger partial charge on any atom is -0.481 e. The fourth-order valence-corrected chi connectivity index (χ4v) is 3.83. The Kier molecular flexibility index (Phi) is 5.25. The van der Waals surface area contributed by atoms with Crippen LogP contribution in [0, 0.1) is 11.8 Å². The molecule has 0 spiro atoms. The van der Waals surface area contributed by atoms with Gasteiger partial charge in [-0.05, 0) is 46.2 Å². The van der Waals surface area contributed by atoms with Gasteiger partial charge in [0.25, 0.3) is 0 Å². The first-order chi connectivity index (χ1) is 9.94. The molecule has 2 rings (SSSR count). The molecule has 0 radical (unpaired) electrons. The number of carboxylic acid groups (broad SMARTS) is 1. The lowest BCUT2D eigenvalue weighted by molar-refractivity contribution is -0.141. The van der Waals surface area contributed by atoms with E-state index in [-0.39, 0.29) is 23.3 Å². The molecule has 5 heteroatoms. The van der Waals surface area contributed by atoms with E-state index in [1.54, 1.807) is 0 Å². The summed E-state index contributed by atoms with van der Waals surface area (Å²) in [7, 11) is 4.18. The zero-order valence-electron chi connectivity index (χ0n) is 13.2. The average Bonchev–Trinajstić information content (AvgIpc) is 2.95. The molecule has 5 nitrogen and oxygen atoms in total. The van der Waals surface area contributed by atoms with E-state index >= 15 is 0 Å². The molecule has 2 fully saturated rings. The Bertz CT molecular complexity index is 389. The van der Waals surface area contributed by atoms with E-state index in [0.29, 0.717) is 25.8 Å². The molecule has 0 aromatic carbocycles. The lowest BCUT2D eigenvalue weighted by Crippen LogP contribution is -2.54. The Morgan fingerprint density at radius 2 is 1.76 bits per heavy atom. The summed E-state index contributed by atoms with van der Waals surface area (Å²) in [5.41, 5.74) is 0.0821. The van der Waals surface area contributed by atoms with Gasteiger partial charge in [-0.2, -0.15) is 0 Å². The van der Waals surface area contributed by atoms with Crippen LogP contribution in [0.15, 0.2) is 0 Å². The number of nitrogens with one attached hydrogen (secondary N) is 1. The molecule has 1 amide bonds. The second-order valence-corrected chi connectivity index (χ2v) is 6.94. The highest BCUT2D eigenvalue weighted by Crippen LogP contribution is 2.33. The summed E-state index contributed by atoms with van der Waals surface area (Å²) in [4.78, 5) is 25.5. The standard InChI is InChI=1S/C16H28N2O3/c1-18(2)16(8-4-3-5-9-16)11-17-14(19)12-6-7-13(10-12)15(20)21/h12-13H,3-11H2,1-2H3,(H,17,19)(H,20,21)/t12-,13+/m1/s1. The number of hydrogen-bond acceptors (Lipinski definition) is 3. The Balaban J connectivity index is 1.86. The number of carbonyl (C=O) groups is 2. The van der Waals surface area contributed by atoms with Gasteiger partial charge in [0.15, 0.2) is 0 Å². The number of carboxylic acids is 1. The maximum absolute atomic E-state index is 12.3. The van der Waals surface area contributed by atoms with E-state index in [0.717, 1.165) is 12.8 Å². The predicted octanol–water partition coefficient (Wildman–Crippen LogP) is 1.87. The third kappa shape index (κ3) is 3.76. The van der Waals surface area contributed by atoms with Crippen LogP contribution in [0.4, 0.5) is 0 Å². The number of aliphatic carboxylic acids is 1. The van der Waals surface area contributed by atoms with Gasteiger partial charge in [0.2, 0.25) is 5.91 Å². The molecule has 0 unspecified atom stereocenters. The summed E-state index contributed by atoms with van der Waals surface area (Å²) < 4.78 is 0. The first-order valence-electron chi connectivity index (χ1n) is 8.12. The Hall–Kier alpha value is -1.10. The van der Waals surface area contributed by atoms with Crippen LogP contribution in [-0.2, 0) is 9.59 Å². The molecule has 2 aliphatic carbocycles. The second kappa shape index (κ2) is 6.77. The minimum atomic E-state index is -0.762. The van der Waals surface area contributed by atoms with Crippen LogP contribution in [-0.4, -0.2) is 48.1 Å². The summed E-state index contributed by atoms with van der Waals surface area (Å²) in [6.45, 7) is 0.688. The van der Waals surface area contributed by atoms with Crippen molar-refractivity contribution in [2.75, 3.05) is 20.6 Å². The van der Waals surface area contributed by atoms with E-state index in [9.17, 15) is 9.59 Å². The van der Waals surface area contributed by atoms with Crippen LogP contribution >= 0.6 is 0 Å². The molecule has 0 bridgehead atoms. The van der Waals surface area contributed by atoms with Gasteiger partial charge >= 0.3 is 5.97 Å². The van der Waals surface area contributed by atoms with E-state index in [2.05, 4.69) is 24.3 Å². The molecule has 21 heavy (non-hydrogen) atoms. The number of amides is 1. The second-order valence-electron chi connectivity index (χ2n) is 6.94. The molecular weight excluding hydrogens is 268 g/mol. The summed E-state index contributed by atoms with van der Waals surface area (Å²) in [5.74, 6) is -1.17. The highest BCUT2D eigenvalue weighted by molar-refractivity contribution is 5.80. The number of carbonyl (C=O) groups excluding carboxylic acids is 1. The zero-order chi connectivity index (χ0) is 15.5. The van der Waals surface area contributed by atoms with Crippen molar-refractivity contribution >= 4 is 11.9 Å². The molecule has 120 valence electrons. The van der Waals surface area contributed by atoms with Crippen molar-refractivity contribution in [3.8, 4) is 0 Å². The first-order valence-corrected chi connectivity index (χ1v) is 8.12. The van der Waals surface area contributed by atoms with Crippen molar-refractivity contribution in [1.82, 2.24) is 10.2 Å². The van der Waals surface area contributed by atoms with Crippen molar-refractivity contribution in [2.24, 2.45) is 11.8 Å². The van der Waals surface area contributed by atoms with E-state index in [1.807, 2.05) is 0 Å². The third-order valence-electron chi connectivity index (χ3n) is 5.48. The monoisotopic (exact) mass is 296 g/mol. The molecule has 0 saturated heterocycles. The van der Waals surface area contributed by atoms with Crippen molar-refractivity contribution in [1.29, 1.82) is 0 Å². The van der Waals surface area contributed by atoms with Crippen LogP contribution in [0.5, 0.6) is 0 Å². The molecule has 0 aromatic rings. The van der Waals surface area contributed by atoms with Crippen LogP contribution in [0.25, 0.3) is 0 Å². The Labute approximate surface area is 127 Å². The summed E-state index contributed by atoms with van der Waals surface area (Å²) in [6, 6.07) is 0. The third-order valence-corrected chi connectivity index (χ3v) is 5.48.